The van der Waals surface area contributed by atoms with E-state index in [9.17, 15) is 18.0 Å². The quantitative estimate of drug-likeness (QED) is 0.591. The van der Waals surface area contributed by atoms with E-state index < -0.39 is 15.9 Å². The number of fused-ring (bicyclic) bond motifs is 2. The van der Waals surface area contributed by atoms with Crippen LogP contribution < -0.4 is 20.5 Å². The van der Waals surface area contributed by atoms with Crippen molar-refractivity contribution in [3.05, 3.63) is 45.8 Å². The Morgan fingerprint density at radius 2 is 1.88 bits per heavy atom. The number of nitrogens with zero attached hydrogens (tertiary/aromatic N) is 3. The Hall–Kier alpha value is -2.96. The first kappa shape index (κ1) is 21.9. The van der Waals surface area contributed by atoms with Gasteiger partial charge in [-0.2, -0.15) is 4.31 Å². The van der Waals surface area contributed by atoms with Crippen LogP contribution in [0, 0.1) is 12.8 Å². The molecule has 2 aliphatic rings. The highest BCUT2D eigenvalue weighted by atomic mass is 32.2. The number of rotatable bonds is 4. The molecule has 0 saturated carbocycles. The molecule has 1 saturated heterocycles. The van der Waals surface area contributed by atoms with Crippen molar-refractivity contribution in [1.82, 2.24) is 14.0 Å². The Morgan fingerprint density at radius 1 is 1.15 bits per heavy atom. The minimum absolute atomic E-state index is 0.131. The van der Waals surface area contributed by atoms with Crippen molar-refractivity contribution in [2.24, 2.45) is 5.92 Å². The number of hydrogen-bond donors (Lipinski definition) is 1. The van der Waals surface area contributed by atoms with Crippen molar-refractivity contribution >= 4 is 37.5 Å². The average molecular weight is 491 g/mol. The Kier molecular flexibility index (Phi) is 5.59. The lowest BCUT2D eigenvalue weighted by atomic mass is 9.98. The van der Waals surface area contributed by atoms with Gasteiger partial charge in [0, 0.05) is 25.1 Å². The highest BCUT2D eigenvalue weighted by molar-refractivity contribution is 7.89. The second-order valence-electron chi connectivity index (χ2n) is 7.90. The van der Waals surface area contributed by atoms with Crippen LogP contribution in [0.15, 0.2) is 39.3 Å². The van der Waals surface area contributed by atoms with E-state index in [4.69, 9.17) is 9.47 Å². The number of hydrogen-bond acceptors (Lipinski definition) is 8. The number of thiophene rings is 1. The summed E-state index contributed by atoms with van der Waals surface area (Å²) < 4.78 is 39.7. The minimum atomic E-state index is -3.73. The molecule has 174 valence electrons. The molecule has 4 heterocycles. The van der Waals surface area contributed by atoms with E-state index in [1.54, 1.807) is 24.4 Å². The maximum atomic E-state index is 13.1. The second kappa shape index (κ2) is 8.43. The molecule has 2 aliphatic heterocycles. The Balaban J connectivity index is 1.27. The zero-order chi connectivity index (χ0) is 23.2. The molecule has 5 rings (SSSR count). The van der Waals surface area contributed by atoms with E-state index in [1.807, 2.05) is 0 Å². The van der Waals surface area contributed by atoms with Crippen molar-refractivity contribution in [2.75, 3.05) is 31.7 Å². The lowest BCUT2D eigenvalue weighted by molar-refractivity contribution is -0.121. The number of amides is 1. The molecule has 10 nitrogen and oxygen atoms in total. The molecule has 0 atom stereocenters. The Morgan fingerprint density at radius 3 is 2.64 bits per heavy atom. The molecule has 12 heteroatoms. The normalized spacial score (nSPS) is 17.2. The summed E-state index contributed by atoms with van der Waals surface area (Å²) >= 11 is 1.37. The standard InChI is InChI=1S/C21H22N4O6S2/c1-13-22-20-16(6-11-32-20)21(27)25(13)23-19(26)14-4-7-24(8-5-14)33(28,29)15-2-3-17-18(12-15)31-10-9-30-17/h2-3,6,11-12,14H,4-5,7-10H2,1H3,(H,23,26). The topological polar surface area (TPSA) is 120 Å². The minimum Gasteiger partial charge on any atom is -0.486 e. The Labute approximate surface area is 193 Å². The lowest BCUT2D eigenvalue weighted by Gasteiger charge is -2.31. The van der Waals surface area contributed by atoms with Gasteiger partial charge in [-0.1, -0.05) is 0 Å². The third-order valence-electron chi connectivity index (χ3n) is 5.86. The highest BCUT2D eigenvalue weighted by Gasteiger charge is 2.33. The van der Waals surface area contributed by atoms with Crippen LogP contribution in [0.3, 0.4) is 0 Å². The number of piperidine rings is 1. The summed E-state index contributed by atoms with van der Waals surface area (Å²) in [6, 6.07) is 6.26. The van der Waals surface area contributed by atoms with Gasteiger partial charge in [-0.05, 0) is 43.3 Å². The number of ether oxygens (including phenoxy) is 2. The number of nitrogens with one attached hydrogen (secondary N) is 1. The van der Waals surface area contributed by atoms with Gasteiger partial charge in [0.25, 0.3) is 5.56 Å². The second-order valence-corrected chi connectivity index (χ2v) is 10.7. The van der Waals surface area contributed by atoms with E-state index >= 15 is 0 Å². The molecule has 3 aromatic rings. The smallest absolute Gasteiger partial charge is 0.281 e. The lowest BCUT2D eigenvalue weighted by Crippen LogP contribution is -2.44. The van der Waals surface area contributed by atoms with Gasteiger partial charge in [-0.3, -0.25) is 15.0 Å². The van der Waals surface area contributed by atoms with E-state index in [2.05, 4.69) is 10.4 Å². The van der Waals surface area contributed by atoms with Crippen LogP contribution >= 0.6 is 11.3 Å². The van der Waals surface area contributed by atoms with Crippen LogP contribution in [-0.2, 0) is 14.8 Å². The van der Waals surface area contributed by atoms with Gasteiger partial charge in [0.1, 0.15) is 23.9 Å². The van der Waals surface area contributed by atoms with Crippen LogP contribution in [0.1, 0.15) is 18.7 Å². The monoisotopic (exact) mass is 490 g/mol. The van der Waals surface area contributed by atoms with Crippen molar-refractivity contribution in [2.45, 2.75) is 24.7 Å². The van der Waals surface area contributed by atoms with Gasteiger partial charge in [0.2, 0.25) is 15.9 Å². The van der Waals surface area contributed by atoms with Crippen LogP contribution in [0.4, 0.5) is 0 Å². The molecule has 2 aromatic heterocycles. The van der Waals surface area contributed by atoms with Gasteiger partial charge in [-0.25, -0.2) is 18.1 Å². The number of sulfonamides is 1. The molecule has 1 fully saturated rings. The number of carbonyl (C=O) groups is 1. The molecule has 0 unspecified atom stereocenters. The first-order chi connectivity index (χ1) is 15.8. The summed E-state index contributed by atoms with van der Waals surface area (Å²) in [5, 5.41) is 2.23. The molecule has 33 heavy (non-hydrogen) atoms. The number of carbonyl (C=O) groups excluding carboxylic acids is 1. The third kappa shape index (κ3) is 3.98. The molecule has 0 bridgehead atoms. The summed E-state index contributed by atoms with van der Waals surface area (Å²) in [6.45, 7) is 2.85. The van der Waals surface area contributed by atoms with Gasteiger partial charge in [-0.15, -0.1) is 11.3 Å². The summed E-state index contributed by atoms with van der Waals surface area (Å²) in [4.78, 5) is 30.6. The molecular weight excluding hydrogens is 468 g/mol. The SMILES string of the molecule is Cc1nc2sccc2c(=O)n1NC(=O)C1CCN(S(=O)(=O)c2ccc3c(c2)OCCO3)CC1. The van der Waals surface area contributed by atoms with Crippen molar-refractivity contribution in [3.8, 4) is 11.5 Å². The summed E-state index contributed by atoms with van der Waals surface area (Å²) in [7, 11) is -3.73. The molecule has 0 spiro atoms. The summed E-state index contributed by atoms with van der Waals surface area (Å²) in [5.74, 6) is 0.584. The fraction of sp³-hybridized carbons (Fsp3) is 0.381. The zero-order valence-electron chi connectivity index (χ0n) is 17.8. The molecular formula is C21H22N4O6S2. The fourth-order valence-electron chi connectivity index (χ4n) is 4.04. The Bertz CT molecular complexity index is 1390. The van der Waals surface area contributed by atoms with Gasteiger partial charge >= 0.3 is 0 Å². The van der Waals surface area contributed by atoms with E-state index in [0.29, 0.717) is 53.6 Å². The first-order valence-corrected chi connectivity index (χ1v) is 12.8. The van der Waals surface area contributed by atoms with Gasteiger partial charge in [0.15, 0.2) is 11.5 Å². The maximum absolute atomic E-state index is 13.1. The van der Waals surface area contributed by atoms with Gasteiger partial charge in [0.05, 0.1) is 10.3 Å². The fourth-order valence-corrected chi connectivity index (χ4v) is 6.33. The van der Waals surface area contributed by atoms with Crippen LogP contribution in [0.2, 0.25) is 0 Å². The number of aryl methyl sites for hydroxylation is 1. The zero-order valence-corrected chi connectivity index (χ0v) is 19.4. The molecule has 1 amide bonds. The molecule has 0 aliphatic carbocycles. The summed E-state index contributed by atoms with van der Waals surface area (Å²) in [5.41, 5.74) is 2.33. The van der Waals surface area contributed by atoms with E-state index in [-0.39, 0.29) is 29.5 Å². The average Bonchev–Trinajstić information content (AvgIpc) is 3.30. The van der Waals surface area contributed by atoms with Crippen LogP contribution in [-0.4, -0.2) is 54.6 Å². The van der Waals surface area contributed by atoms with Crippen molar-refractivity contribution in [1.29, 1.82) is 0 Å². The first-order valence-electron chi connectivity index (χ1n) is 10.5. The van der Waals surface area contributed by atoms with Crippen LogP contribution in [0.25, 0.3) is 10.2 Å². The van der Waals surface area contributed by atoms with E-state index in [1.165, 1.54) is 27.8 Å². The van der Waals surface area contributed by atoms with E-state index in [0.717, 1.165) is 4.68 Å². The van der Waals surface area contributed by atoms with Crippen molar-refractivity contribution < 1.29 is 22.7 Å². The highest BCUT2D eigenvalue weighted by Crippen LogP contribution is 2.34. The molecule has 0 radical (unpaired) electrons. The predicted octanol–water partition coefficient (Wildman–Crippen LogP) is 1.71. The molecule has 1 aromatic carbocycles. The number of benzene rings is 1. The predicted molar refractivity (Wildman–Crippen MR) is 122 cm³/mol. The van der Waals surface area contributed by atoms with Crippen LogP contribution in [0.5, 0.6) is 11.5 Å². The number of aromatic nitrogens is 2. The largest absolute Gasteiger partial charge is 0.486 e. The third-order valence-corrected chi connectivity index (χ3v) is 8.56. The van der Waals surface area contributed by atoms with Crippen molar-refractivity contribution in [3.63, 3.8) is 0 Å². The van der Waals surface area contributed by atoms with Gasteiger partial charge < -0.3 is 9.47 Å². The summed E-state index contributed by atoms with van der Waals surface area (Å²) in [6.07, 6.45) is 0.690. The maximum Gasteiger partial charge on any atom is 0.281 e. The molecule has 1 N–H and O–H groups in total.